The van der Waals surface area contributed by atoms with Crippen LogP contribution in [0.5, 0.6) is 0 Å². The van der Waals surface area contributed by atoms with Crippen LogP contribution < -0.4 is 15.9 Å². The predicted octanol–water partition coefficient (Wildman–Crippen LogP) is 4.36. The van der Waals surface area contributed by atoms with Crippen molar-refractivity contribution < 1.29 is 4.57 Å². The van der Waals surface area contributed by atoms with E-state index >= 15 is 4.57 Å². The first kappa shape index (κ1) is 20.2. The SMILES string of the molecule is O=P1(c2ccccc2)c2ccccc2C[Se]CCCC[Se]Cc2ccccc21. The molecule has 0 saturated heterocycles. The summed E-state index contributed by atoms with van der Waals surface area (Å²) in [5.74, 6) is 0. The molecule has 4 rings (SSSR count). The van der Waals surface area contributed by atoms with Crippen molar-refractivity contribution in [3.63, 3.8) is 0 Å². The molecule has 0 aromatic heterocycles. The second-order valence-corrected chi connectivity index (χ2v) is 14.4. The van der Waals surface area contributed by atoms with E-state index in [-0.39, 0.29) is 0 Å². The van der Waals surface area contributed by atoms with Gasteiger partial charge in [0.25, 0.3) is 0 Å². The van der Waals surface area contributed by atoms with Crippen LogP contribution in [0, 0.1) is 0 Å². The molecule has 0 fully saturated rings. The van der Waals surface area contributed by atoms with Crippen LogP contribution in [-0.4, -0.2) is 29.9 Å². The Bertz CT molecular complexity index is 914. The van der Waals surface area contributed by atoms with E-state index < -0.39 is 7.14 Å². The topological polar surface area (TPSA) is 17.1 Å². The van der Waals surface area contributed by atoms with Gasteiger partial charge in [0.15, 0.2) is 0 Å². The van der Waals surface area contributed by atoms with Crippen molar-refractivity contribution in [3.8, 4) is 0 Å². The van der Waals surface area contributed by atoms with Crippen molar-refractivity contribution in [2.45, 2.75) is 34.1 Å². The Labute approximate surface area is 181 Å². The number of hydrogen-bond acceptors (Lipinski definition) is 1. The fourth-order valence-electron chi connectivity index (χ4n) is 3.70. The van der Waals surface area contributed by atoms with Gasteiger partial charge in [-0.15, -0.1) is 0 Å². The van der Waals surface area contributed by atoms with Gasteiger partial charge >= 0.3 is 182 Å². The van der Waals surface area contributed by atoms with Gasteiger partial charge in [0.2, 0.25) is 0 Å². The van der Waals surface area contributed by atoms with Crippen LogP contribution in [0.2, 0.25) is 10.6 Å². The van der Waals surface area contributed by atoms with E-state index in [1.165, 1.54) is 34.6 Å². The van der Waals surface area contributed by atoms with Crippen molar-refractivity contribution in [2.75, 3.05) is 0 Å². The average molecular weight is 518 g/mol. The maximum atomic E-state index is 15.0. The summed E-state index contributed by atoms with van der Waals surface area (Å²) in [5.41, 5.74) is 2.57. The summed E-state index contributed by atoms with van der Waals surface area (Å²) in [6.45, 7) is 0. The summed E-state index contributed by atoms with van der Waals surface area (Å²) in [7, 11) is -2.89. The Morgan fingerprint density at radius 3 is 1.61 bits per heavy atom. The number of fused-ring (bicyclic) bond motifs is 2. The van der Waals surface area contributed by atoms with Gasteiger partial charge in [0, 0.05) is 0 Å². The van der Waals surface area contributed by atoms with E-state index in [0.29, 0.717) is 29.9 Å². The van der Waals surface area contributed by atoms with Crippen LogP contribution in [0.1, 0.15) is 24.0 Å². The Morgan fingerprint density at radius 2 is 1.07 bits per heavy atom. The fourth-order valence-corrected chi connectivity index (χ4v) is 11.6. The second kappa shape index (κ2) is 9.62. The molecule has 0 bridgehead atoms. The van der Waals surface area contributed by atoms with Crippen molar-refractivity contribution in [1.29, 1.82) is 0 Å². The molecule has 0 radical (unpaired) electrons. The quantitative estimate of drug-likeness (QED) is 0.346. The predicted molar refractivity (Wildman–Crippen MR) is 124 cm³/mol. The van der Waals surface area contributed by atoms with Gasteiger partial charge in [0.05, 0.1) is 0 Å². The monoisotopic (exact) mass is 520 g/mol. The van der Waals surface area contributed by atoms with Gasteiger partial charge in [-0.1, -0.05) is 0 Å². The maximum absolute atomic E-state index is 15.0. The molecule has 0 unspecified atom stereocenters. The first-order chi connectivity index (χ1) is 13.8. The zero-order valence-electron chi connectivity index (χ0n) is 15.9. The van der Waals surface area contributed by atoms with E-state index in [9.17, 15) is 0 Å². The minimum absolute atomic E-state index is 0.582. The Hall–Kier alpha value is -1.07. The van der Waals surface area contributed by atoms with E-state index in [0.717, 1.165) is 26.6 Å². The molecule has 4 heteroatoms. The number of rotatable bonds is 1. The van der Waals surface area contributed by atoms with Crippen LogP contribution in [0.25, 0.3) is 0 Å². The number of hydrogen-bond donors (Lipinski definition) is 0. The van der Waals surface area contributed by atoms with Gasteiger partial charge in [-0.3, -0.25) is 0 Å². The normalized spacial score (nSPS) is 17.3. The molecule has 0 aliphatic carbocycles. The van der Waals surface area contributed by atoms with Gasteiger partial charge in [-0.05, 0) is 0 Å². The standard InChI is InChI=1S/C24H25OPSe2/c25-26(22-12-2-1-3-13-22)23-14-6-4-10-20(23)18-27-16-8-9-17-28-19-21-11-5-7-15-24(21)26/h1-7,10-15H,8-9,16-19H2. The molecule has 0 N–H and O–H groups in total. The van der Waals surface area contributed by atoms with Crippen LogP contribution in [0.15, 0.2) is 78.9 Å². The molecule has 3 aromatic rings. The second-order valence-electron chi connectivity index (χ2n) is 7.01. The Balaban J connectivity index is 1.96. The minimum atomic E-state index is -2.89. The zero-order chi connectivity index (χ0) is 19.2. The van der Waals surface area contributed by atoms with Gasteiger partial charge < -0.3 is 0 Å². The molecule has 144 valence electrons. The van der Waals surface area contributed by atoms with E-state index in [2.05, 4.69) is 60.7 Å². The molecule has 0 amide bonds. The molecule has 1 aliphatic heterocycles. The Morgan fingerprint density at radius 1 is 0.607 bits per heavy atom. The molecule has 0 atom stereocenters. The van der Waals surface area contributed by atoms with E-state index in [4.69, 9.17) is 0 Å². The first-order valence-electron chi connectivity index (χ1n) is 9.78. The van der Waals surface area contributed by atoms with Crippen molar-refractivity contribution in [3.05, 3.63) is 90.0 Å². The molecule has 0 spiro atoms. The van der Waals surface area contributed by atoms with Gasteiger partial charge in [-0.2, -0.15) is 0 Å². The third kappa shape index (κ3) is 4.25. The van der Waals surface area contributed by atoms with Gasteiger partial charge in [0.1, 0.15) is 0 Å². The van der Waals surface area contributed by atoms with Crippen LogP contribution >= 0.6 is 7.14 Å². The van der Waals surface area contributed by atoms with E-state index in [1.807, 2.05) is 18.2 Å². The molecular formula is C24H25OPSe2. The first-order valence-corrected chi connectivity index (χ1v) is 16.3. The molecule has 28 heavy (non-hydrogen) atoms. The van der Waals surface area contributed by atoms with E-state index in [1.54, 1.807) is 0 Å². The summed E-state index contributed by atoms with van der Waals surface area (Å²) < 4.78 is 15.0. The molecular weight excluding hydrogens is 493 g/mol. The van der Waals surface area contributed by atoms with Crippen molar-refractivity contribution in [1.82, 2.24) is 0 Å². The van der Waals surface area contributed by atoms with Crippen molar-refractivity contribution in [2.24, 2.45) is 0 Å². The molecule has 3 aromatic carbocycles. The summed E-state index contributed by atoms with van der Waals surface area (Å²) in [6.07, 6.45) is 2.70. The van der Waals surface area contributed by atoms with Crippen LogP contribution in [-0.2, 0) is 15.2 Å². The summed E-state index contributed by atoms with van der Waals surface area (Å²) >= 11 is 1.16. The molecule has 1 aliphatic rings. The zero-order valence-corrected chi connectivity index (χ0v) is 20.2. The van der Waals surface area contributed by atoms with Gasteiger partial charge in [-0.25, -0.2) is 0 Å². The third-order valence-corrected chi connectivity index (χ3v) is 13.0. The molecule has 1 heterocycles. The summed E-state index contributed by atoms with van der Waals surface area (Å²) in [5, 5.41) is 7.90. The molecule has 1 nitrogen and oxygen atoms in total. The third-order valence-electron chi connectivity index (χ3n) is 5.12. The van der Waals surface area contributed by atoms with Crippen LogP contribution in [0.4, 0.5) is 0 Å². The summed E-state index contributed by atoms with van der Waals surface area (Å²) in [6, 6.07) is 27.2. The summed E-state index contributed by atoms with van der Waals surface area (Å²) in [4.78, 5) is 0. The average Bonchev–Trinajstić information content (AvgIpc) is 2.77. The molecule has 0 saturated carbocycles. The Kier molecular flexibility index (Phi) is 6.94. The van der Waals surface area contributed by atoms with Crippen LogP contribution in [0.3, 0.4) is 0 Å². The number of benzene rings is 3. The fraction of sp³-hybridized carbons (Fsp3) is 0.250. The van der Waals surface area contributed by atoms with Crippen molar-refractivity contribution >= 4 is 53.0 Å².